The van der Waals surface area contributed by atoms with Gasteiger partial charge >= 0.3 is 0 Å². The third-order valence-electron chi connectivity index (χ3n) is 6.91. The third-order valence-corrected chi connectivity index (χ3v) is 6.91. The zero-order chi connectivity index (χ0) is 23.9. The molecule has 1 saturated carbocycles. The molecule has 178 valence electrons. The number of hydrogen-bond acceptors (Lipinski definition) is 6. The van der Waals surface area contributed by atoms with Gasteiger partial charge < -0.3 is 14.1 Å². The molecule has 6 heterocycles. The predicted octanol–water partition coefficient (Wildman–Crippen LogP) is 6.53. The van der Waals surface area contributed by atoms with E-state index in [2.05, 4.69) is 42.3 Å². The fourth-order valence-electron chi connectivity index (χ4n) is 5.09. The van der Waals surface area contributed by atoms with Gasteiger partial charge in [0.25, 0.3) is 0 Å². The van der Waals surface area contributed by atoms with E-state index in [1.54, 1.807) is 24.9 Å². The summed E-state index contributed by atoms with van der Waals surface area (Å²) >= 11 is 0. The second kappa shape index (κ2) is 8.64. The number of hydrogen-bond donors (Lipinski definition) is 2. The number of fused-ring (bicyclic) bond motifs is 2. The lowest BCUT2D eigenvalue weighted by molar-refractivity contribution is 0.154. The lowest BCUT2D eigenvalue weighted by Crippen LogP contribution is -2.19. The number of pyridine rings is 3. The van der Waals surface area contributed by atoms with Crippen LogP contribution in [0.3, 0.4) is 0 Å². The van der Waals surface area contributed by atoms with Gasteiger partial charge in [0, 0.05) is 39.8 Å². The van der Waals surface area contributed by atoms with E-state index in [9.17, 15) is 0 Å². The molecule has 0 aromatic carbocycles. The average Bonchev–Trinajstić information content (AvgIpc) is 3.68. The summed E-state index contributed by atoms with van der Waals surface area (Å²) in [6.45, 7) is 0. The van der Waals surface area contributed by atoms with Crippen molar-refractivity contribution in [3.8, 4) is 39.7 Å². The molecule has 0 bridgehead atoms. The first-order chi connectivity index (χ1) is 17.8. The molecule has 1 fully saturated rings. The van der Waals surface area contributed by atoms with Crippen molar-refractivity contribution in [2.75, 3.05) is 0 Å². The summed E-state index contributed by atoms with van der Waals surface area (Å²) in [5, 5.41) is 9.71. The molecule has 0 aliphatic heterocycles. The maximum Gasteiger partial charge on any atom is 0.138 e. The summed E-state index contributed by atoms with van der Waals surface area (Å²) < 4.78 is 11.5. The lowest BCUT2D eigenvalue weighted by atomic mass is 9.98. The van der Waals surface area contributed by atoms with Gasteiger partial charge in [0.15, 0.2) is 0 Å². The Balaban J connectivity index is 1.26. The molecule has 6 aromatic heterocycles. The summed E-state index contributed by atoms with van der Waals surface area (Å²) in [5.41, 5.74) is 7.12. The first-order valence-corrected chi connectivity index (χ1v) is 12.3. The van der Waals surface area contributed by atoms with E-state index in [0.29, 0.717) is 0 Å². The SMILES string of the molecule is c1cc2[nH]c(-c3n[nH]c4cnc(-c5cncc(OC6CCCCC6)c5)cc34)cc2c(-c2ccoc2)n1. The molecule has 1 aliphatic carbocycles. The predicted molar refractivity (Wildman–Crippen MR) is 137 cm³/mol. The normalized spacial score (nSPS) is 14.6. The smallest absolute Gasteiger partial charge is 0.138 e. The quantitative estimate of drug-likeness (QED) is 0.293. The van der Waals surface area contributed by atoms with Crippen LogP contribution in [0.1, 0.15) is 32.1 Å². The molecule has 1 aliphatic rings. The van der Waals surface area contributed by atoms with Crippen LogP contribution in [0.25, 0.3) is 55.7 Å². The maximum absolute atomic E-state index is 6.23. The van der Waals surface area contributed by atoms with Gasteiger partial charge in [0.05, 0.1) is 53.6 Å². The highest BCUT2D eigenvalue weighted by Crippen LogP contribution is 2.34. The average molecular weight is 477 g/mol. The number of nitrogens with one attached hydrogen (secondary N) is 2. The van der Waals surface area contributed by atoms with E-state index < -0.39 is 0 Å². The van der Waals surface area contributed by atoms with Crippen molar-refractivity contribution in [2.45, 2.75) is 38.2 Å². The molecule has 2 N–H and O–H groups in total. The van der Waals surface area contributed by atoms with Gasteiger partial charge in [0.1, 0.15) is 11.4 Å². The van der Waals surface area contributed by atoms with Crippen LogP contribution >= 0.6 is 0 Å². The molecule has 8 nitrogen and oxygen atoms in total. The highest BCUT2D eigenvalue weighted by molar-refractivity contribution is 6.00. The summed E-state index contributed by atoms with van der Waals surface area (Å²) in [7, 11) is 0. The molecule has 0 radical (unpaired) electrons. The Kier molecular flexibility index (Phi) is 5.01. The van der Waals surface area contributed by atoms with E-state index in [4.69, 9.17) is 9.15 Å². The largest absolute Gasteiger partial charge is 0.489 e. The van der Waals surface area contributed by atoms with Crippen LogP contribution < -0.4 is 4.74 Å². The van der Waals surface area contributed by atoms with Gasteiger partial charge in [-0.1, -0.05) is 6.42 Å². The van der Waals surface area contributed by atoms with E-state index in [0.717, 1.165) is 74.3 Å². The minimum Gasteiger partial charge on any atom is -0.489 e. The molecular formula is C28H24N6O2. The van der Waals surface area contributed by atoms with Crippen LogP contribution in [-0.2, 0) is 0 Å². The number of H-pyrrole nitrogens is 2. The van der Waals surface area contributed by atoms with Crippen LogP contribution in [0, 0.1) is 0 Å². The van der Waals surface area contributed by atoms with Gasteiger partial charge in [-0.15, -0.1) is 0 Å². The molecule has 0 spiro atoms. The topological polar surface area (TPSA) is 106 Å². The number of aromatic nitrogens is 6. The van der Waals surface area contributed by atoms with Crippen molar-refractivity contribution in [1.29, 1.82) is 0 Å². The Morgan fingerprint density at radius 2 is 1.78 bits per heavy atom. The van der Waals surface area contributed by atoms with Crippen molar-refractivity contribution < 1.29 is 9.15 Å². The van der Waals surface area contributed by atoms with Gasteiger partial charge in [-0.2, -0.15) is 5.10 Å². The fraction of sp³-hybridized carbons (Fsp3) is 0.214. The molecule has 7 rings (SSSR count). The zero-order valence-electron chi connectivity index (χ0n) is 19.6. The van der Waals surface area contributed by atoms with Crippen LogP contribution in [0.5, 0.6) is 5.75 Å². The molecular weight excluding hydrogens is 452 g/mol. The highest BCUT2D eigenvalue weighted by atomic mass is 16.5. The van der Waals surface area contributed by atoms with Gasteiger partial charge in [-0.25, -0.2) is 0 Å². The Hall–Kier alpha value is -4.46. The molecule has 36 heavy (non-hydrogen) atoms. The van der Waals surface area contributed by atoms with Gasteiger partial charge in [-0.05, 0) is 56.0 Å². The zero-order valence-corrected chi connectivity index (χ0v) is 19.6. The van der Waals surface area contributed by atoms with Crippen LogP contribution in [-0.4, -0.2) is 36.2 Å². The summed E-state index contributed by atoms with van der Waals surface area (Å²) in [6, 6.07) is 10.0. The second-order valence-corrected chi connectivity index (χ2v) is 9.29. The highest BCUT2D eigenvalue weighted by Gasteiger charge is 2.17. The van der Waals surface area contributed by atoms with E-state index in [-0.39, 0.29) is 6.10 Å². The molecule has 8 heteroatoms. The van der Waals surface area contributed by atoms with Gasteiger partial charge in [-0.3, -0.25) is 20.1 Å². The van der Waals surface area contributed by atoms with Crippen LogP contribution in [0.15, 0.2) is 72.1 Å². The van der Waals surface area contributed by atoms with Crippen molar-refractivity contribution in [2.24, 2.45) is 0 Å². The Morgan fingerprint density at radius 3 is 2.67 bits per heavy atom. The molecule has 0 atom stereocenters. The van der Waals surface area contributed by atoms with Crippen LogP contribution in [0.4, 0.5) is 0 Å². The first-order valence-electron chi connectivity index (χ1n) is 12.3. The third kappa shape index (κ3) is 3.71. The molecule has 0 saturated heterocycles. The van der Waals surface area contributed by atoms with Gasteiger partial charge in [0.2, 0.25) is 0 Å². The summed E-state index contributed by atoms with van der Waals surface area (Å²) in [5.74, 6) is 0.795. The van der Waals surface area contributed by atoms with E-state index >= 15 is 0 Å². The molecule has 0 unspecified atom stereocenters. The minimum absolute atomic E-state index is 0.273. The van der Waals surface area contributed by atoms with E-state index in [1.165, 1.54) is 19.3 Å². The standard InChI is InChI=1S/C28H24N6O2/c1-2-4-19(5-3-1)36-20-10-18(13-29-14-20)24-11-22-26(15-31-24)33-34-28(22)25-12-21-23(32-25)6-8-30-27(21)17-7-9-35-16-17/h6-16,19,32H,1-5H2,(H,33,34). The molecule has 6 aromatic rings. The Labute approximate surface area is 206 Å². The first kappa shape index (κ1) is 20.9. The fourth-order valence-corrected chi connectivity index (χ4v) is 5.09. The number of nitrogens with zero attached hydrogens (tertiary/aromatic N) is 4. The van der Waals surface area contributed by atoms with Crippen molar-refractivity contribution >= 4 is 21.8 Å². The summed E-state index contributed by atoms with van der Waals surface area (Å²) in [4.78, 5) is 17.2. The molecule has 0 amide bonds. The minimum atomic E-state index is 0.273. The number of furan rings is 1. The van der Waals surface area contributed by atoms with E-state index in [1.807, 2.05) is 30.6 Å². The number of rotatable bonds is 5. The Bertz CT molecular complexity index is 1660. The van der Waals surface area contributed by atoms with Crippen molar-refractivity contribution in [3.63, 3.8) is 0 Å². The second-order valence-electron chi connectivity index (χ2n) is 9.29. The van der Waals surface area contributed by atoms with Crippen molar-refractivity contribution in [1.82, 2.24) is 30.1 Å². The number of ether oxygens (including phenoxy) is 1. The Morgan fingerprint density at radius 1 is 0.861 bits per heavy atom. The number of aromatic amines is 2. The monoisotopic (exact) mass is 476 g/mol. The summed E-state index contributed by atoms with van der Waals surface area (Å²) in [6.07, 6.45) is 16.8. The van der Waals surface area contributed by atoms with Crippen LogP contribution in [0.2, 0.25) is 0 Å². The maximum atomic E-state index is 6.23. The van der Waals surface area contributed by atoms with Crippen molar-refractivity contribution in [3.05, 3.63) is 67.6 Å². The lowest BCUT2D eigenvalue weighted by Gasteiger charge is -2.22.